The predicted octanol–water partition coefficient (Wildman–Crippen LogP) is 4.00. The Balaban J connectivity index is 2.71. The van der Waals surface area contributed by atoms with Gasteiger partial charge in [0, 0.05) is 5.56 Å². The van der Waals surface area contributed by atoms with Gasteiger partial charge in [0.1, 0.15) is 5.75 Å². The van der Waals surface area contributed by atoms with Crippen molar-refractivity contribution in [2.75, 3.05) is 0 Å². The zero-order valence-corrected chi connectivity index (χ0v) is 12.0. The first-order valence-electron chi connectivity index (χ1n) is 5.50. The van der Waals surface area contributed by atoms with Crippen LogP contribution < -0.4 is 0 Å². The van der Waals surface area contributed by atoms with Crippen molar-refractivity contribution in [2.45, 2.75) is 9.39 Å². The number of phenols is 1. The lowest BCUT2D eigenvalue weighted by molar-refractivity contribution is 0.0822. The maximum absolute atomic E-state index is 10.9. The van der Waals surface area contributed by atoms with E-state index < -0.39 is 9.39 Å². The highest BCUT2D eigenvalue weighted by molar-refractivity contribution is 6.68. The number of hydrogen-bond donors (Lipinski definition) is 2. The lowest BCUT2D eigenvalue weighted by Gasteiger charge is -2.35. The Morgan fingerprint density at radius 1 is 0.789 bits per heavy atom. The van der Waals surface area contributed by atoms with E-state index in [1.165, 1.54) is 12.1 Å². The van der Waals surface area contributed by atoms with Crippen molar-refractivity contribution in [1.29, 1.82) is 0 Å². The summed E-state index contributed by atoms with van der Waals surface area (Å²) >= 11 is 17.9. The topological polar surface area (TPSA) is 40.5 Å². The summed E-state index contributed by atoms with van der Waals surface area (Å²) in [6.07, 6.45) is 0. The molecule has 2 aromatic rings. The Morgan fingerprint density at radius 3 is 1.84 bits per heavy atom. The number of phenolic OH excluding ortho intramolecular Hbond substituents is 1. The zero-order valence-electron chi connectivity index (χ0n) is 9.72. The third kappa shape index (κ3) is 2.54. The van der Waals surface area contributed by atoms with Crippen LogP contribution in [0.25, 0.3) is 0 Å². The molecule has 0 aliphatic heterocycles. The van der Waals surface area contributed by atoms with Crippen LogP contribution in [0.5, 0.6) is 5.75 Å². The van der Waals surface area contributed by atoms with Crippen molar-refractivity contribution in [3.05, 3.63) is 65.7 Å². The molecule has 0 aliphatic carbocycles. The summed E-state index contributed by atoms with van der Waals surface area (Å²) in [5.41, 5.74) is -1.41. The number of aliphatic hydroxyl groups is 1. The lowest BCUT2D eigenvalue weighted by atomic mass is 9.87. The molecule has 0 saturated carbocycles. The molecule has 0 saturated heterocycles. The van der Waals surface area contributed by atoms with Gasteiger partial charge in [-0.15, -0.1) is 0 Å². The van der Waals surface area contributed by atoms with Gasteiger partial charge in [-0.2, -0.15) is 0 Å². The van der Waals surface area contributed by atoms with Crippen molar-refractivity contribution in [2.24, 2.45) is 0 Å². The van der Waals surface area contributed by atoms with Crippen LogP contribution in [-0.4, -0.2) is 14.0 Å². The van der Waals surface area contributed by atoms with Gasteiger partial charge in [-0.05, 0) is 11.6 Å². The van der Waals surface area contributed by atoms with Gasteiger partial charge in [0.25, 0.3) is 0 Å². The van der Waals surface area contributed by atoms with Crippen LogP contribution in [0.15, 0.2) is 54.6 Å². The summed E-state index contributed by atoms with van der Waals surface area (Å²) in [6, 6.07) is 14.7. The molecule has 1 atom stereocenters. The second kappa shape index (κ2) is 5.22. The standard InChI is InChI=1S/C14H11Cl3O2/c15-14(16,17)13(19,10-6-2-1-3-7-10)11-8-4-5-9-12(11)18/h1-9,18-19H. The number of rotatable bonds is 2. The molecule has 0 fully saturated rings. The Hall–Kier alpha value is -0.930. The van der Waals surface area contributed by atoms with E-state index in [2.05, 4.69) is 0 Å². The highest BCUT2D eigenvalue weighted by Gasteiger charge is 2.51. The van der Waals surface area contributed by atoms with Crippen LogP contribution in [0.1, 0.15) is 11.1 Å². The van der Waals surface area contributed by atoms with E-state index in [4.69, 9.17) is 34.8 Å². The maximum Gasteiger partial charge on any atom is 0.227 e. The number of para-hydroxylation sites is 1. The van der Waals surface area contributed by atoms with Gasteiger partial charge in [-0.3, -0.25) is 0 Å². The molecule has 0 bridgehead atoms. The van der Waals surface area contributed by atoms with E-state index in [9.17, 15) is 10.2 Å². The van der Waals surface area contributed by atoms with Crippen molar-refractivity contribution in [3.63, 3.8) is 0 Å². The third-order valence-electron chi connectivity index (χ3n) is 2.90. The number of hydrogen-bond acceptors (Lipinski definition) is 2. The Labute approximate surface area is 126 Å². The molecular formula is C14H11Cl3O2. The van der Waals surface area contributed by atoms with Gasteiger partial charge < -0.3 is 10.2 Å². The highest BCUT2D eigenvalue weighted by Crippen LogP contribution is 2.51. The number of halogens is 3. The van der Waals surface area contributed by atoms with E-state index in [0.717, 1.165) is 0 Å². The fourth-order valence-electron chi connectivity index (χ4n) is 1.93. The van der Waals surface area contributed by atoms with E-state index in [1.54, 1.807) is 42.5 Å². The molecule has 2 N–H and O–H groups in total. The third-order valence-corrected chi connectivity index (χ3v) is 3.72. The first-order valence-corrected chi connectivity index (χ1v) is 6.64. The van der Waals surface area contributed by atoms with Crippen LogP contribution >= 0.6 is 34.8 Å². The van der Waals surface area contributed by atoms with Gasteiger partial charge in [-0.1, -0.05) is 83.3 Å². The second-order valence-corrected chi connectivity index (χ2v) is 6.37. The second-order valence-electron chi connectivity index (χ2n) is 4.09. The summed E-state index contributed by atoms with van der Waals surface area (Å²) in [4.78, 5) is 0. The Bertz CT molecular complexity index is 566. The van der Waals surface area contributed by atoms with Gasteiger partial charge >= 0.3 is 0 Å². The van der Waals surface area contributed by atoms with E-state index in [0.29, 0.717) is 5.56 Å². The predicted molar refractivity (Wildman–Crippen MR) is 77.8 cm³/mol. The lowest BCUT2D eigenvalue weighted by Crippen LogP contribution is -2.41. The number of benzene rings is 2. The van der Waals surface area contributed by atoms with Crippen molar-refractivity contribution in [1.82, 2.24) is 0 Å². The van der Waals surface area contributed by atoms with Crippen LogP contribution in [0, 0.1) is 0 Å². The van der Waals surface area contributed by atoms with E-state index in [1.807, 2.05) is 0 Å². The molecule has 0 aliphatic rings. The average molecular weight is 318 g/mol. The minimum Gasteiger partial charge on any atom is -0.508 e. The molecule has 2 rings (SSSR count). The monoisotopic (exact) mass is 316 g/mol. The molecule has 5 heteroatoms. The first-order chi connectivity index (χ1) is 8.87. The summed E-state index contributed by atoms with van der Waals surface area (Å²) in [5.74, 6) is -0.139. The number of aromatic hydroxyl groups is 1. The quantitative estimate of drug-likeness (QED) is 0.822. The minimum atomic E-state index is -2.03. The van der Waals surface area contributed by atoms with Crippen LogP contribution in [-0.2, 0) is 5.60 Å². The largest absolute Gasteiger partial charge is 0.508 e. The summed E-state index contributed by atoms with van der Waals surface area (Å²) < 4.78 is -2.03. The van der Waals surface area contributed by atoms with Crippen molar-refractivity contribution in [3.8, 4) is 5.75 Å². The van der Waals surface area contributed by atoms with Gasteiger partial charge in [-0.25, -0.2) is 0 Å². The van der Waals surface area contributed by atoms with Gasteiger partial charge in [0.2, 0.25) is 3.79 Å². The smallest absolute Gasteiger partial charge is 0.227 e. The van der Waals surface area contributed by atoms with E-state index in [-0.39, 0.29) is 11.3 Å². The van der Waals surface area contributed by atoms with Crippen LogP contribution in [0.3, 0.4) is 0 Å². The fourth-order valence-corrected chi connectivity index (χ4v) is 2.56. The first kappa shape index (κ1) is 14.5. The molecule has 2 aromatic carbocycles. The normalized spacial score (nSPS) is 14.9. The van der Waals surface area contributed by atoms with Gasteiger partial charge in [0.05, 0.1) is 0 Å². The molecule has 0 amide bonds. The molecule has 19 heavy (non-hydrogen) atoms. The molecule has 0 spiro atoms. The summed E-state index contributed by atoms with van der Waals surface area (Å²) in [7, 11) is 0. The zero-order chi connectivity index (χ0) is 14.1. The maximum atomic E-state index is 10.9. The average Bonchev–Trinajstić information content (AvgIpc) is 2.38. The molecule has 0 heterocycles. The van der Waals surface area contributed by atoms with Crippen molar-refractivity contribution < 1.29 is 10.2 Å². The molecule has 100 valence electrons. The Morgan fingerprint density at radius 2 is 1.32 bits per heavy atom. The van der Waals surface area contributed by atoms with Crippen LogP contribution in [0.4, 0.5) is 0 Å². The molecule has 0 aromatic heterocycles. The number of alkyl halides is 3. The minimum absolute atomic E-state index is 0.139. The molecule has 1 unspecified atom stereocenters. The van der Waals surface area contributed by atoms with Crippen LogP contribution in [0.2, 0.25) is 0 Å². The summed E-state index contributed by atoms with van der Waals surface area (Å²) in [5, 5.41) is 20.9. The summed E-state index contributed by atoms with van der Waals surface area (Å²) in [6.45, 7) is 0. The molecule has 2 nitrogen and oxygen atoms in total. The highest BCUT2D eigenvalue weighted by atomic mass is 35.6. The Kier molecular flexibility index (Phi) is 3.98. The SMILES string of the molecule is Oc1ccccc1C(O)(c1ccccc1)C(Cl)(Cl)Cl. The molecular weight excluding hydrogens is 307 g/mol. The fraction of sp³-hybridized carbons (Fsp3) is 0.143. The molecule has 0 radical (unpaired) electrons. The van der Waals surface area contributed by atoms with E-state index >= 15 is 0 Å². The van der Waals surface area contributed by atoms with Crippen molar-refractivity contribution >= 4 is 34.8 Å². The van der Waals surface area contributed by atoms with Gasteiger partial charge in [0.15, 0.2) is 5.60 Å².